The zero-order valence-corrected chi connectivity index (χ0v) is 12.4. The summed E-state index contributed by atoms with van der Waals surface area (Å²) in [5, 5.41) is 21.7. The number of halogens is 1. The number of rotatable bonds is 4. The topological polar surface area (TPSA) is 130 Å². The van der Waals surface area contributed by atoms with Gasteiger partial charge in [-0.1, -0.05) is 11.6 Å². The Morgan fingerprint density at radius 2 is 2.32 bits per heavy atom. The van der Waals surface area contributed by atoms with Crippen molar-refractivity contribution in [1.29, 1.82) is 0 Å². The van der Waals surface area contributed by atoms with E-state index in [1.165, 1.54) is 22.8 Å². The predicted molar refractivity (Wildman–Crippen MR) is 73.4 cm³/mol. The van der Waals surface area contributed by atoms with Gasteiger partial charge in [-0.2, -0.15) is 0 Å². The van der Waals surface area contributed by atoms with E-state index >= 15 is 0 Å². The van der Waals surface area contributed by atoms with Crippen LogP contribution in [0, 0.1) is 0 Å². The second-order valence-electron chi connectivity index (χ2n) is 4.52. The largest absolute Gasteiger partial charge is 0.477 e. The molecule has 3 heterocycles. The van der Waals surface area contributed by atoms with E-state index in [2.05, 4.69) is 20.8 Å². The average Bonchev–Trinajstić information content (AvgIpc) is 2.97. The molecule has 10 nitrogen and oxygen atoms in total. The van der Waals surface area contributed by atoms with Crippen molar-refractivity contribution in [2.75, 3.05) is 5.75 Å². The first-order chi connectivity index (χ1) is 10.5. The van der Waals surface area contributed by atoms with Gasteiger partial charge in [-0.15, -0.1) is 16.9 Å². The van der Waals surface area contributed by atoms with Crippen molar-refractivity contribution in [2.24, 2.45) is 0 Å². The molecule has 0 radical (unpaired) electrons. The van der Waals surface area contributed by atoms with Crippen molar-refractivity contribution < 1.29 is 19.5 Å². The number of β-lactam (4-membered cyclic amide) rings is 1. The first kappa shape index (κ1) is 14.8. The van der Waals surface area contributed by atoms with E-state index in [0.29, 0.717) is 0 Å². The number of carboxylic acid groups (broad SMARTS) is 1. The number of aliphatic carboxylic acids is 1. The lowest BCUT2D eigenvalue weighted by Gasteiger charge is -2.48. The third kappa shape index (κ3) is 2.41. The van der Waals surface area contributed by atoms with E-state index in [1.54, 1.807) is 0 Å². The maximum Gasteiger partial charge on any atom is 0.353 e. The number of hydrogen-bond donors (Lipinski definition) is 2. The lowest BCUT2D eigenvalue weighted by molar-refractivity contribution is -0.150. The molecule has 0 spiro atoms. The maximum atomic E-state index is 12.1. The van der Waals surface area contributed by atoms with Crippen LogP contribution in [-0.4, -0.2) is 65.2 Å². The summed E-state index contributed by atoms with van der Waals surface area (Å²) < 4.78 is 1.21. The van der Waals surface area contributed by atoms with E-state index in [0.717, 1.165) is 4.90 Å². The summed E-state index contributed by atoms with van der Waals surface area (Å²) in [6.45, 7) is -0.128. The normalized spacial score (nSPS) is 23.9. The minimum Gasteiger partial charge on any atom is -0.477 e. The van der Waals surface area contributed by atoms with Crippen LogP contribution in [-0.2, 0) is 20.9 Å². The molecular formula is C10H9ClN6O4S. The number of carboxylic acids is 1. The van der Waals surface area contributed by atoms with E-state index in [-0.39, 0.29) is 23.0 Å². The molecule has 2 N–H and O–H groups in total. The van der Waals surface area contributed by atoms with E-state index in [1.807, 2.05) is 0 Å². The van der Waals surface area contributed by atoms with E-state index < -0.39 is 29.2 Å². The van der Waals surface area contributed by atoms with Crippen LogP contribution in [0.5, 0.6) is 0 Å². The van der Waals surface area contributed by atoms with Gasteiger partial charge in [0.25, 0.3) is 5.91 Å². The van der Waals surface area contributed by atoms with Crippen LogP contribution in [0.25, 0.3) is 0 Å². The van der Waals surface area contributed by atoms with Crippen LogP contribution in [0.4, 0.5) is 0 Å². The Morgan fingerprint density at radius 1 is 1.55 bits per heavy atom. The zero-order chi connectivity index (χ0) is 15.9. The fourth-order valence-corrected chi connectivity index (χ4v) is 3.75. The average molecular weight is 345 g/mol. The molecule has 1 unspecified atom stereocenters. The van der Waals surface area contributed by atoms with Crippen molar-refractivity contribution in [2.45, 2.75) is 18.0 Å². The van der Waals surface area contributed by atoms with Crippen molar-refractivity contribution in [1.82, 2.24) is 30.4 Å². The lowest BCUT2D eigenvalue weighted by Crippen LogP contribution is -2.70. The number of thioether (sulfide) groups is 1. The number of nitrogens with zero attached hydrogens (tertiary/aromatic N) is 5. The Balaban J connectivity index is 1.68. The van der Waals surface area contributed by atoms with Gasteiger partial charge in [0.1, 0.15) is 30.0 Å². The predicted octanol–water partition coefficient (Wildman–Crippen LogP) is -1.39. The molecule has 1 saturated heterocycles. The summed E-state index contributed by atoms with van der Waals surface area (Å²) in [6, 6.07) is -0.784. The molecule has 0 aliphatic carbocycles. The van der Waals surface area contributed by atoms with E-state index in [9.17, 15) is 14.4 Å². The molecular weight excluding hydrogens is 336 g/mol. The number of aromatic nitrogens is 4. The summed E-state index contributed by atoms with van der Waals surface area (Å²) >= 11 is 7.15. The highest BCUT2D eigenvalue weighted by Crippen LogP contribution is 2.41. The van der Waals surface area contributed by atoms with Gasteiger partial charge in [-0.05, 0) is 10.4 Å². The molecule has 0 bridgehead atoms. The van der Waals surface area contributed by atoms with Crippen molar-refractivity contribution in [3.63, 3.8) is 0 Å². The van der Waals surface area contributed by atoms with Crippen LogP contribution < -0.4 is 5.32 Å². The fourth-order valence-electron chi connectivity index (χ4n) is 2.20. The minimum atomic E-state index is -1.26. The summed E-state index contributed by atoms with van der Waals surface area (Å²) in [7, 11) is 0. The SMILES string of the molecule is O=C(Cn1cnnn1)NC1C(=O)N2C(C(=O)O)=C(Cl)CS[C@@H]12. The van der Waals surface area contributed by atoms with Crippen molar-refractivity contribution in [3.8, 4) is 0 Å². The van der Waals surface area contributed by atoms with Crippen molar-refractivity contribution in [3.05, 3.63) is 17.1 Å². The van der Waals surface area contributed by atoms with Gasteiger partial charge in [-0.25, -0.2) is 9.48 Å². The molecule has 2 amide bonds. The monoisotopic (exact) mass is 344 g/mol. The van der Waals surface area contributed by atoms with Crippen LogP contribution in [0.2, 0.25) is 0 Å². The molecule has 116 valence electrons. The molecule has 2 aliphatic heterocycles. The highest BCUT2D eigenvalue weighted by Gasteiger charge is 2.54. The third-order valence-corrected chi connectivity index (χ3v) is 4.89. The molecule has 0 saturated carbocycles. The van der Waals surface area contributed by atoms with Gasteiger partial charge in [0.05, 0.1) is 5.03 Å². The number of carbonyl (C=O) groups is 3. The minimum absolute atomic E-state index is 0.112. The third-order valence-electron chi connectivity index (χ3n) is 3.14. The smallest absolute Gasteiger partial charge is 0.353 e. The van der Waals surface area contributed by atoms with Crippen LogP contribution in [0.3, 0.4) is 0 Å². The summed E-state index contributed by atoms with van der Waals surface area (Å²) in [6.07, 6.45) is 1.27. The van der Waals surface area contributed by atoms with Gasteiger partial charge < -0.3 is 10.4 Å². The molecule has 12 heteroatoms. The van der Waals surface area contributed by atoms with Crippen LogP contribution in [0.15, 0.2) is 17.1 Å². The van der Waals surface area contributed by atoms with Gasteiger partial charge >= 0.3 is 5.97 Å². The highest BCUT2D eigenvalue weighted by molar-refractivity contribution is 8.00. The van der Waals surface area contributed by atoms with Crippen LogP contribution >= 0.6 is 23.4 Å². The van der Waals surface area contributed by atoms with Gasteiger partial charge in [0.15, 0.2) is 0 Å². The molecule has 2 aliphatic rings. The molecule has 0 aromatic carbocycles. The molecule has 1 aromatic rings. The van der Waals surface area contributed by atoms with Gasteiger partial charge in [0.2, 0.25) is 5.91 Å². The molecule has 2 atom stereocenters. The Kier molecular flexibility index (Phi) is 3.74. The molecule has 1 aromatic heterocycles. The number of nitrogens with one attached hydrogen (secondary N) is 1. The maximum absolute atomic E-state index is 12.1. The second kappa shape index (κ2) is 5.57. The summed E-state index contributed by atoms with van der Waals surface area (Å²) in [4.78, 5) is 36.2. The Bertz CT molecular complexity index is 677. The number of tetrazole rings is 1. The molecule has 1 fully saturated rings. The number of carbonyl (C=O) groups excluding carboxylic acids is 2. The standard InChI is InChI=1S/C10H9ClN6O4S/c11-4-2-22-9-6(8(19)17(9)7(4)10(20)21)13-5(18)1-16-3-12-14-15-16/h3,6,9H,1-2H2,(H,13,18)(H,20,21)/t6?,9-/m0/s1. The van der Waals surface area contributed by atoms with Gasteiger partial charge in [0, 0.05) is 5.75 Å². The highest BCUT2D eigenvalue weighted by atomic mass is 35.5. The number of hydrogen-bond acceptors (Lipinski definition) is 7. The van der Waals surface area contributed by atoms with E-state index in [4.69, 9.17) is 16.7 Å². The first-order valence-electron chi connectivity index (χ1n) is 6.06. The Hall–Kier alpha value is -2.14. The quantitative estimate of drug-likeness (QED) is 0.638. The fraction of sp³-hybridized carbons (Fsp3) is 0.400. The van der Waals surface area contributed by atoms with Crippen molar-refractivity contribution >= 4 is 41.1 Å². The second-order valence-corrected chi connectivity index (χ2v) is 6.08. The Labute approximate surface area is 132 Å². The summed E-state index contributed by atoms with van der Waals surface area (Å²) in [5.74, 6) is -1.93. The zero-order valence-electron chi connectivity index (χ0n) is 10.8. The Morgan fingerprint density at radius 3 is 2.95 bits per heavy atom. The number of fused-ring (bicyclic) bond motifs is 1. The molecule has 3 rings (SSSR count). The van der Waals surface area contributed by atoms with Crippen LogP contribution in [0.1, 0.15) is 0 Å². The summed E-state index contributed by atoms with van der Waals surface area (Å²) in [5.41, 5.74) is -0.221. The molecule has 22 heavy (non-hydrogen) atoms. The first-order valence-corrected chi connectivity index (χ1v) is 7.48. The number of amides is 2. The van der Waals surface area contributed by atoms with Gasteiger partial charge in [-0.3, -0.25) is 14.5 Å². The lowest BCUT2D eigenvalue weighted by atomic mass is 10.1.